The van der Waals surface area contributed by atoms with Crippen molar-refractivity contribution in [2.75, 3.05) is 6.54 Å². The number of carbonyl (C=O) groups is 2. The molecule has 0 aliphatic carbocycles. The zero-order valence-electron chi connectivity index (χ0n) is 10.7. The molecule has 16 heavy (non-hydrogen) atoms. The van der Waals surface area contributed by atoms with Crippen LogP contribution >= 0.6 is 0 Å². The Morgan fingerprint density at radius 2 is 1.94 bits per heavy atom. The van der Waals surface area contributed by atoms with Gasteiger partial charge in [0.25, 0.3) is 0 Å². The van der Waals surface area contributed by atoms with E-state index in [4.69, 9.17) is 0 Å². The van der Waals surface area contributed by atoms with Crippen molar-refractivity contribution in [1.29, 1.82) is 0 Å². The van der Waals surface area contributed by atoms with E-state index in [1.807, 2.05) is 0 Å². The molecule has 0 spiro atoms. The standard InChI is InChI=1S/C12H22N2O2/c1-5-6-7-8-14-10(15)9(2)13-11(16)12(14,3)4/h9H,5-8H2,1-4H3,(H,13,16). The van der Waals surface area contributed by atoms with Gasteiger partial charge in [-0.15, -0.1) is 0 Å². The van der Waals surface area contributed by atoms with Crippen molar-refractivity contribution in [3.63, 3.8) is 0 Å². The highest BCUT2D eigenvalue weighted by Crippen LogP contribution is 2.21. The van der Waals surface area contributed by atoms with Gasteiger partial charge < -0.3 is 10.2 Å². The van der Waals surface area contributed by atoms with Crippen LogP contribution in [0.15, 0.2) is 0 Å². The Balaban J connectivity index is 2.74. The second-order valence-electron chi connectivity index (χ2n) is 4.95. The fourth-order valence-electron chi connectivity index (χ4n) is 1.98. The number of hydrogen-bond donors (Lipinski definition) is 1. The van der Waals surface area contributed by atoms with Crippen LogP contribution in [-0.4, -0.2) is 34.8 Å². The Bertz CT molecular complexity index is 287. The van der Waals surface area contributed by atoms with Gasteiger partial charge in [-0.1, -0.05) is 19.8 Å². The second kappa shape index (κ2) is 4.85. The molecular weight excluding hydrogens is 204 g/mol. The molecule has 1 aliphatic heterocycles. The van der Waals surface area contributed by atoms with Crippen LogP contribution in [0.1, 0.15) is 47.0 Å². The minimum atomic E-state index is -0.711. The van der Waals surface area contributed by atoms with E-state index in [1.54, 1.807) is 25.7 Å². The van der Waals surface area contributed by atoms with Gasteiger partial charge in [0, 0.05) is 6.54 Å². The minimum Gasteiger partial charge on any atom is -0.343 e. The van der Waals surface area contributed by atoms with Gasteiger partial charge in [0.05, 0.1) is 0 Å². The molecule has 1 N–H and O–H groups in total. The Morgan fingerprint density at radius 1 is 1.31 bits per heavy atom. The molecule has 1 saturated heterocycles. The van der Waals surface area contributed by atoms with E-state index < -0.39 is 5.54 Å². The van der Waals surface area contributed by atoms with Gasteiger partial charge in [-0.05, 0) is 27.2 Å². The molecule has 0 radical (unpaired) electrons. The molecule has 1 rings (SSSR count). The fourth-order valence-corrected chi connectivity index (χ4v) is 1.98. The highest BCUT2D eigenvalue weighted by molar-refractivity contribution is 5.99. The minimum absolute atomic E-state index is 0.0284. The van der Waals surface area contributed by atoms with Gasteiger partial charge in [-0.2, -0.15) is 0 Å². The van der Waals surface area contributed by atoms with Crippen molar-refractivity contribution >= 4 is 11.8 Å². The van der Waals surface area contributed by atoms with E-state index in [1.165, 1.54) is 0 Å². The molecule has 0 bridgehead atoms. The van der Waals surface area contributed by atoms with Crippen molar-refractivity contribution in [3.8, 4) is 0 Å². The lowest BCUT2D eigenvalue weighted by atomic mass is 9.95. The maximum Gasteiger partial charge on any atom is 0.246 e. The van der Waals surface area contributed by atoms with E-state index in [2.05, 4.69) is 12.2 Å². The molecule has 1 heterocycles. The molecule has 1 fully saturated rings. The summed E-state index contributed by atoms with van der Waals surface area (Å²) in [4.78, 5) is 25.5. The number of amides is 2. The second-order valence-corrected chi connectivity index (χ2v) is 4.95. The summed E-state index contributed by atoms with van der Waals surface area (Å²) in [6.07, 6.45) is 3.17. The summed E-state index contributed by atoms with van der Waals surface area (Å²) in [7, 11) is 0. The third-order valence-corrected chi connectivity index (χ3v) is 3.20. The highest BCUT2D eigenvalue weighted by atomic mass is 16.2. The van der Waals surface area contributed by atoms with Crippen molar-refractivity contribution in [2.24, 2.45) is 0 Å². The van der Waals surface area contributed by atoms with Crippen molar-refractivity contribution < 1.29 is 9.59 Å². The number of unbranched alkanes of at least 4 members (excludes halogenated alkanes) is 2. The monoisotopic (exact) mass is 226 g/mol. The van der Waals surface area contributed by atoms with Gasteiger partial charge in [0.1, 0.15) is 11.6 Å². The molecule has 1 atom stereocenters. The zero-order chi connectivity index (χ0) is 12.3. The van der Waals surface area contributed by atoms with Crippen molar-refractivity contribution in [2.45, 2.75) is 58.5 Å². The average Bonchev–Trinajstić information content (AvgIpc) is 2.21. The first-order valence-corrected chi connectivity index (χ1v) is 6.03. The molecule has 0 aromatic heterocycles. The summed E-state index contributed by atoms with van der Waals surface area (Å²) in [6.45, 7) is 8.15. The molecule has 0 saturated carbocycles. The predicted octanol–water partition coefficient (Wildman–Crippen LogP) is 1.30. The SMILES string of the molecule is CCCCCN1C(=O)C(C)NC(=O)C1(C)C. The predicted molar refractivity (Wildman–Crippen MR) is 62.9 cm³/mol. The fraction of sp³-hybridized carbons (Fsp3) is 0.833. The average molecular weight is 226 g/mol. The highest BCUT2D eigenvalue weighted by Gasteiger charge is 2.44. The number of nitrogens with zero attached hydrogens (tertiary/aromatic N) is 1. The number of rotatable bonds is 4. The van der Waals surface area contributed by atoms with Crippen LogP contribution in [0.2, 0.25) is 0 Å². The molecule has 2 amide bonds. The number of hydrogen-bond acceptors (Lipinski definition) is 2. The van der Waals surface area contributed by atoms with Gasteiger partial charge in [0.2, 0.25) is 11.8 Å². The Kier molecular flexibility index (Phi) is 3.94. The molecule has 1 unspecified atom stereocenters. The van der Waals surface area contributed by atoms with Crippen LogP contribution in [-0.2, 0) is 9.59 Å². The molecule has 0 aromatic carbocycles. The molecular formula is C12H22N2O2. The lowest BCUT2D eigenvalue weighted by Crippen LogP contribution is -2.67. The van der Waals surface area contributed by atoms with Gasteiger partial charge >= 0.3 is 0 Å². The number of piperazine rings is 1. The van der Waals surface area contributed by atoms with Gasteiger partial charge in [0.15, 0.2) is 0 Å². The van der Waals surface area contributed by atoms with Crippen LogP contribution < -0.4 is 5.32 Å². The summed E-state index contributed by atoms with van der Waals surface area (Å²) in [5.41, 5.74) is -0.711. The topological polar surface area (TPSA) is 49.4 Å². The first-order valence-electron chi connectivity index (χ1n) is 6.03. The van der Waals surface area contributed by atoms with Crippen LogP contribution in [0.25, 0.3) is 0 Å². The largest absolute Gasteiger partial charge is 0.343 e. The Morgan fingerprint density at radius 3 is 2.50 bits per heavy atom. The van der Waals surface area contributed by atoms with Crippen LogP contribution in [0.3, 0.4) is 0 Å². The van der Waals surface area contributed by atoms with E-state index in [0.29, 0.717) is 6.54 Å². The zero-order valence-corrected chi connectivity index (χ0v) is 10.7. The van der Waals surface area contributed by atoms with Crippen LogP contribution in [0.5, 0.6) is 0 Å². The van der Waals surface area contributed by atoms with Gasteiger partial charge in [-0.25, -0.2) is 0 Å². The quantitative estimate of drug-likeness (QED) is 0.735. The normalized spacial score (nSPS) is 24.5. The first kappa shape index (κ1) is 13.0. The Hall–Kier alpha value is -1.06. The third-order valence-electron chi connectivity index (χ3n) is 3.20. The van der Waals surface area contributed by atoms with Crippen molar-refractivity contribution in [1.82, 2.24) is 10.2 Å². The van der Waals surface area contributed by atoms with Crippen LogP contribution in [0.4, 0.5) is 0 Å². The van der Waals surface area contributed by atoms with E-state index in [-0.39, 0.29) is 17.9 Å². The number of carbonyl (C=O) groups excluding carboxylic acids is 2. The smallest absolute Gasteiger partial charge is 0.246 e. The van der Waals surface area contributed by atoms with Crippen LogP contribution in [0, 0.1) is 0 Å². The Labute approximate surface area is 97.4 Å². The molecule has 4 heteroatoms. The number of nitrogens with one attached hydrogen (secondary N) is 1. The molecule has 1 aliphatic rings. The lowest BCUT2D eigenvalue weighted by molar-refractivity contribution is -0.154. The summed E-state index contributed by atoms with van der Waals surface area (Å²) >= 11 is 0. The summed E-state index contributed by atoms with van der Waals surface area (Å²) < 4.78 is 0. The van der Waals surface area contributed by atoms with E-state index >= 15 is 0 Å². The molecule has 92 valence electrons. The maximum absolute atomic E-state index is 12.0. The molecule has 0 aromatic rings. The van der Waals surface area contributed by atoms with E-state index in [9.17, 15) is 9.59 Å². The molecule has 4 nitrogen and oxygen atoms in total. The maximum atomic E-state index is 12.0. The third kappa shape index (κ3) is 2.36. The first-order chi connectivity index (χ1) is 7.41. The van der Waals surface area contributed by atoms with Crippen molar-refractivity contribution in [3.05, 3.63) is 0 Å². The van der Waals surface area contributed by atoms with Gasteiger partial charge in [-0.3, -0.25) is 9.59 Å². The lowest BCUT2D eigenvalue weighted by Gasteiger charge is -2.43. The summed E-state index contributed by atoms with van der Waals surface area (Å²) in [5.74, 6) is -0.0307. The summed E-state index contributed by atoms with van der Waals surface area (Å²) in [6, 6.07) is -0.387. The summed E-state index contributed by atoms with van der Waals surface area (Å²) in [5, 5.41) is 2.71. The van der Waals surface area contributed by atoms with E-state index in [0.717, 1.165) is 19.3 Å².